The second kappa shape index (κ2) is 5.71. The molecule has 1 aliphatic heterocycles. The molecule has 2 atom stereocenters. The first kappa shape index (κ1) is 14.7. The SMILES string of the molecule is CC(C)(C)OC(=O)NC(Cc1ccc(O)cc1)[C@@H]1CO1. The van der Waals surface area contributed by atoms with Crippen LogP contribution in [0.5, 0.6) is 5.75 Å². The number of epoxide rings is 1. The molecular formula is C15H21NO4. The van der Waals surface area contributed by atoms with Crippen molar-refractivity contribution in [1.29, 1.82) is 0 Å². The van der Waals surface area contributed by atoms with Gasteiger partial charge in [0, 0.05) is 0 Å². The van der Waals surface area contributed by atoms with Gasteiger partial charge in [-0.3, -0.25) is 0 Å². The van der Waals surface area contributed by atoms with Crippen LogP contribution in [0, 0.1) is 0 Å². The molecule has 5 heteroatoms. The molecular weight excluding hydrogens is 258 g/mol. The number of carbonyl (C=O) groups excluding carboxylic acids is 1. The first-order chi connectivity index (χ1) is 9.33. The van der Waals surface area contributed by atoms with Crippen molar-refractivity contribution in [3.8, 4) is 5.75 Å². The van der Waals surface area contributed by atoms with Gasteiger partial charge in [-0.25, -0.2) is 4.79 Å². The van der Waals surface area contributed by atoms with E-state index < -0.39 is 11.7 Å². The Morgan fingerprint density at radius 3 is 2.55 bits per heavy atom. The lowest BCUT2D eigenvalue weighted by molar-refractivity contribution is 0.0495. The predicted molar refractivity (Wildman–Crippen MR) is 74.7 cm³/mol. The molecule has 110 valence electrons. The number of nitrogens with one attached hydrogen (secondary N) is 1. The average Bonchev–Trinajstić information content (AvgIpc) is 3.12. The fraction of sp³-hybridized carbons (Fsp3) is 0.533. The zero-order valence-electron chi connectivity index (χ0n) is 12.1. The predicted octanol–water partition coefficient (Wildman–Crippen LogP) is 2.23. The Balaban J connectivity index is 1.94. The summed E-state index contributed by atoms with van der Waals surface area (Å²) in [4.78, 5) is 11.8. The molecule has 1 aromatic carbocycles. The summed E-state index contributed by atoms with van der Waals surface area (Å²) in [6.07, 6.45) is 0.248. The van der Waals surface area contributed by atoms with Gasteiger partial charge in [-0.1, -0.05) is 12.1 Å². The Labute approximate surface area is 118 Å². The van der Waals surface area contributed by atoms with Crippen LogP contribution in [0.25, 0.3) is 0 Å². The summed E-state index contributed by atoms with van der Waals surface area (Å²) in [7, 11) is 0. The molecule has 1 aliphatic rings. The van der Waals surface area contributed by atoms with Gasteiger partial charge in [0.1, 0.15) is 17.5 Å². The van der Waals surface area contributed by atoms with Crippen LogP contribution in [0.2, 0.25) is 0 Å². The van der Waals surface area contributed by atoms with Gasteiger partial charge in [-0.15, -0.1) is 0 Å². The second-order valence-electron chi connectivity index (χ2n) is 6.00. The van der Waals surface area contributed by atoms with Crippen molar-refractivity contribution in [2.45, 2.75) is 44.9 Å². The standard InChI is InChI=1S/C15H21NO4/c1-15(2,3)20-14(18)16-12(13-9-19-13)8-10-4-6-11(17)7-5-10/h4-7,12-13,17H,8-9H2,1-3H3,(H,16,18)/t12?,13-/m0/s1. The van der Waals surface area contributed by atoms with Crippen molar-refractivity contribution in [3.05, 3.63) is 29.8 Å². The van der Waals surface area contributed by atoms with Gasteiger partial charge in [0.25, 0.3) is 0 Å². The molecule has 0 aromatic heterocycles. The minimum atomic E-state index is -0.516. The van der Waals surface area contributed by atoms with E-state index in [0.717, 1.165) is 5.56 Å². The third-order valence-electron chi connectivity index (χ3n) is 2.90. The van der Waals surface area contributed by atoms with Crippen LogP contribution >= 0.6 is 0 Å². The average molecular weight is 279 g/mol. The van der Waals surface area contributed by atoms with Crippen LogP contribution in [-0.2, 0) is 15.9 Å². The third kappa shape index (κ3) is 4.74. The quantitative estimate of drug-likeness (QED) is 0.829. The number of phenolic OH excluding ortho intramolecular Hbond substituents is 1. The summed E-state index contributed by atoms with van der Waals surface area (Å²) < 4.78 is 10.5. The van der Waals surface area contributed by atoms with E-state index in [1.54, 1.807) is 12.1 Å². The monoisotopic (exact) mass is 279 g/mol. The Morgan fingerprint density at radius 1 is 1.45 bits per heavy atom. The lowest BCUT2D eigenvalue weighted by Gasteiger charge is -2.23. The van der Waals surface area contributed by atoms with E-state index in [9.17, 15) is 9.90 Å². The van der Waals surface area contributed by atoms with Crippen LogP contribution in [0.3, 0.4) is 0 Å². The number of ether oxygens (including phenoxy) is 2. The Morgan fingerprint density at radius 2 is 2.05 bits per heavy atom. The third-order valence-corrected chi connectivity index (χ3v) is 2.90. The minimum absolute atomic E-state index is 0.0383. The normalized spacial score (nSPS) is 19.2. The van der Waals surface area contributed by atoms with E-state index in [2.05, 4.69) is 5.32 Å². The summed E-state index contributed by atoms with van der Waals surface area (Å²) in [6, 6.07) is 6.82. The number of phenols is 1. The lowest BCUT2D eigenvalue weighted by Crippen LogP contribution is -2.43. The summed E-state index contributed by atoms with van der Waals surface area (Å²) in [5, 5.41) is 12.1. The summed E-state index contributed by atoms with van der Waals surface area (Å²) >= 11 is 0. The van der Waals surface area contributed by atoms with E-state index in [-0.39, 0.29) is 17.9 Å². The van der Waals surface area contributed by atoms with Gasteiger partial charge in [0.2, 0.25) is 0 Å². The van der Waals surface area contributed by atoms with Gasteiger partial charge in [0.15, 0.2) is 0 Å². The van der Waals surface area contributed by atoms with Crippen molar-refractivity contribution in [2.75, 3.05) is 6.61 Å². The zero-order valence-corrected chi connectivity index (χ0v) is 12.1. The van der Waals surface area contributed by atoms with Gasteiger partial charge < -0.3 is 19.9 Å². The maximum atomic E-state index is 11.8. The van der Waals surface area contributed by atoms with Crippen LogP contribution in [0.4, 0.5) is 4.79 Å². The van der Waals surface area contributed by atoms with E-state index in [0.29, 0.717) is 13.0 Å². The Kier molecular flexibility index (Phi) is 4.18. The summed E-state index contributed by atoms with van der Waals surface area (Å²) in [5.74, 6) is 0.230. The van der Waals surface area contributed by atoms with Crippen molar-refractivity contribution in [2.24, 2.45) is 0 Å². The van der Waals surface area contributed by atoms with Gasteiger partial charge in [0.05, 0.1) is 12.6 Å². The van der Waals surface area contributed by atoms with Crippen molar-refractivity contribution in [1.82, 2.24) is 5.32 Å². The molecule has 20 heavy (non-hydrogen) atoms. The molecule has 1 fully saturated rings. The fourth-order valence-electron chi connectivity index (χ4n) is 1.91. The summed E-state index contributed by atoms with van der Waals surface area (Å²) in [6.45, 7) is 6.14. The number of carbonyl (C=O) groups is 1. The van der Waals surface area contributed by atoms with Crippen molar-refractivity contribution >= 4 is 6.09 Å². The Hall–Kier alpha value is -1.75. The minimum Gasteiger partial charge on any atom is -0.508 e. The number of amides is 1. The molecule has 1 unspecified atom stereocenters. The van der Waals surface area contributed by atoms with E-state index in [1.807, 2.05) is 32.9 Å². The molecule has 1 saturated heterocycles. The highest BCUT2D eigenvalue weighted by Gasteiger charge is 2.34. The van der Waals surface area contributed by atoms with Crippen LogP contribution in [-0.4, -0.2) is 35.6 Å². The van der Waals surface area contributed by atoms with Crippen molar-refractivity contribution in [3.63, 3.8) is 0 Å². The topological polar surface area (TPSA) is 71.1 Å². The first-order valence-corrected chi connectivity index (χ1v) is 6.72. The zero-order chi connectivity index (χ0) is 14.8. The molecule has 0 aliphatic carbocycles. The molecule has 1 amide bonds. The molecule has 2 rings (SSSR count). The van der Waals surface area contributed by atoms with E-state index in [1.165, 1.54) is 0 Å². The maximum Gasteiger partial charge on any atom is 0.407 e. The first-order valence-electron chi connectivity index (χ1n) is 6.72. The highest BCUT2D eigenvalue weighted by molar-refractivity contribution is 5.68. The lowest BCUT2D eigenvalue weighted by atomic mass is 10.0. The molecule has 2 N–H and O–H groups in total. The number of benzene rings is 1. The molecule has 1 heterocycles. The van der Waals surface area contributed by atoms with E-state index >= 15 is 0 Å². The van der Waals surface area contributed by atoms with Gasteiger partial charge in [-0.2, -0.15) is 0 Å². The van der Waals surface area contributed by atoms with Gasteiger partial charge in [-0.05, 0) is 44.9 Å². The molecule has 0 bridgehead atoms. The number of aromatic hydroxyl groups is 1. The maximum absolute atomic E-state index is 11.8. The molecule has 0 saturated carbocycles. The number of alkyl carbamates (subject to hydrolysis) is 1. The fourth-order valence-corrected chi connectivity index (χ4v) is 1.91. The van der Waals surface area contributed by atoms with Crippen LogP contribution < -0.4 is 5.32 Å². The highest BCUT2D eigenvalue weighted by Crippen LogP contribution is 2.20. The smallest absolute Gasteiger partial charge is 0.407 e. The second-order valence-corrected chi connectivity index (χ2v) is 6.00. The molecule has 1 aromatic rings. The highest BCUT2D eigenvalue weighted by atomic mass is 16.6. The van der Waals surface area contributed by atoms with Crippen LogP contribution in [0.15, 0.2) is 24.3 Å². The Bertz CT molecular complexity index is 460. The summed E-state index contributed by atoms with van der Waals surface area (Å²) in [5.41, 5.74) is 0.511. The van der Waals surface area contributed by atoms with Crippen LogP contribution in [0.1, 0.15) is 26.3 Å². The largest absolute Gasteiger partial charge is 0.508 e. The van der Waals surface area contributed by atoms with Crippen molar-refractivity contribution < 1.29 is 19.4 Å². The number of rotatable bonds is 4. The number of hydrogen-bond donors (Lipinski definition) is 2. The van der Waals surface area contributed by atoms with Gasteiger partial charge >= 0.3 is 6.09 Å². The molecule has 0 spiro atoms. The number of hydrogen-bond acceptors (Lipinski definition) is 4. The van der Waals surface area contributed by atoms with E-state index in [4.69, 9.17) is 9.47 Å². The molecule has 0 radical (unpaired) electrons. The molecule has 5 nitrogen and oxygen atoms in total.